The predicted molar refractivity (Wildman–Crippen MR) is 87.6 cm³/mol. The van der Waals surface area contributed by atoms with Gasteiger partial charge >= 0.3 is 0 Å². The van der Waals surface area contributed by atoms with Crippen LogP contribution in [0.5, 0.6) is 0 Å². The summed E-state index contributed by atoms with van der Waals surface area (Å²) in [4.78, 5) is 16.1. The highest BCUT2D eigenvalue weighted by Crippen LogP contribution is 2.16. The molecule has 0 radical (unpaired) electrons. The maximum Gasteiger partial charge on any atom is 0.221 e. The molecule has 0 saturated heterocycles. The third kappa shape index (κ3) is 5.40. The van der Waals surface area contributed by atoms with E-state index in [4.69, 9.17) is 11.6 Å². The van der Waals surface area contributed by atoms with Gasteiger partial charge < -0.3 is 5.32 Å². The molecule has 110 valence electrons. The van der Waals surface area contributed by atoms with Crippen molar-refractivity contribution in [3.05, 3.63) is 58.7 Å². The first-order valence-electron chi connectivity index (χ1n) is 6.71. The normalized spacial score (nSPS) is 10.4. The molecule has 0 aliphatic rings. The number of pyridine rings is 1. The van der Waals surface area contributed by atoms with Gasteiger partial charge in [-0.2, -0.15) is 0 Å². The van der Waals surface area contributed by atoms with Crippen molar-refractivity contribution in [2.24, 2.45) is 0 Å². The molecule has 0 unspecified atom stereocenters. The third-order valence-corrected chi connectivity index (χ3v) is 4.21. The molecule has 1 amide bonds. The van der Waals surface area contributed by atoms with Gasteiger partial charge in [0.15, 0.2) is 0 Å². The second-order valence-corrected chi connectivity index (χ2v) is 6.16. The molecule has 2 aromatic rings. The molecule has 0 bridgehead atoms. The van der Waals surface area contributed by atoms with Crippen molar-refractivity contribution in [1.29, 1.82) is 0 Å². The summed E-state index contributed by atoms with van der Waals surface area (Å²) in [6.07, 6.45) is 2.30. The molecule has 1 N–H and O–H groups in total. The van der Waals surface area contributed by atoms with Crippen molar-refractivity contribution in [3.8, 4) is 0 Å². The topological polar surface area (TPSA) is 42.0 Å². The van der Waals surface area contributed by atoms with E-state index in [1.54, 1.807) is 11.8 Å². The van der Waals surface area contributed by atoms with Gasteiger partial charge in [-0.1, -0.05) is 35.9 Å². The summed E-state index contributed by atoms with van der Waals surface area (Å²) in [5.74, 6) is 0.735. The number of aromatic nitrogens is 1. The van der Waals surface area contributed by atoms with Gasteiger partial charge in [-0.3, -0.25) is 4.79 Å². The van der Waals surface area contributed by atoms with Gasteiger partial charge in [0.25, 0.3) is 0 Å². The third-order valence-electron chi connectivity index (χ3n) is 2.90. The fourth-order valence-electron chi connectivity index (χ4n) is 1.71. The van der Waals surface area contributed by atoms with Gasteiger partial charge in [-0.25, -0.2) is 4.98 Å². The van der Waals surface area contributed by atoms with E-state index in [0.717, 1.165) is 16.2 Å². The average molecular weight is 321 g/mol. The molecule has 1 heterocycles. The monoisotopic (exact) mass is 320 g/mol. The van der Waals surface area contributed by atoms with Gasteiger partial charge in [0, 0.05) is 29.9 Å². The fraction of sp³-hybridized carbons (Fsp3) is 0.250. The van der Waals surface area contributed by atoms with Crippen molar-refractivity contribution < 1.29 is 4.79 Å². The first-order chi connectivity index (χ1) is 10.1. The lowest BCUT2D eigenvalue weighted by molar-refractivity contribution is -0.120. The highest BCUT2D eigenvalue weighted by atomic mass is 35.5. The van der Waals surface area contributed by atoms with Gasteiger partial charge in [-0.05, 0) is 30.2 Å². The van der Waals surface area contributed by atoms with Crippen molar-refractivity contribution >= 4 is 29.3 Å². The standard InChI is InChI=1S/C16H17ClN2OS/c1-12-6-7-16(19-10-12)21-9-8-15(20)18-11-13-4-2-3-5-14(13)17/h2-7,10H,8-9,11H2,1H3,(H,18,20). The number of benzene rings is 1. The lowest BCUT2D eigenvalue weighted by atomic mass is 10.2. The molecular formula is C16H17ClN2OS. The number of aryl methyl sites for hydroxylation is 1. The Bertz CT molecular complexity index is 601. The van der Waals surface area contributed by atoms with E-state index in [1.807, 2.05) is 49.5 Å². The molecule has 0 aliphatic carbocycles. The van der Waals surface area contributed by atoms with Crippen LogP contribution in [0.25, 0.3) is 0 Å². The summed E-state index contributed by atoms with van der Waals surface area (Å²) < 4.78 is 0. The van der Waals surface area contributed by atoms with Crippen LogP contribution in [-0.4, -0.2) is 16.6 Å². The van der Waals surface area contributed by atoms with E-state index >= 15 is 0 Å². The minimum absolute atomic E-state index is 0.0227. The SMILES string of the molecule is Cc1ccc(SCCC(=O)NCc2ccccc2Cl)nc1. The molecule has 0 atom stereocenters. The number of carbonyl (C=O) groups excluding carboxylic acids is 1. The summed E-state index contributed by atoms with van der Waals surface area (Å²) in [5, 5.41) is 4.50. The number of carbonyl (C=O) groups is 1. The maximum absolute atomic E-state index is 11.8. The van der Waals surface area contributed by atoms with E-state index < -0.39 is 0 Å². The number of amides is 1. The summed E-state index contributed by atoms with van der Waals surface area (Å²) >= 11 is 7.63. The number of hydrogen-bond acceptors (Lipinski definition) is 3. The first-order valence-corrected chi connectivity index (χ1v) is 8.07. The van der Waals surface area contributed by atoms with Crippen LogP contribution in [-0.2, 0) is 11.3 Å². The van der Waals surface area contributed by atoms with E-state index in [9.17, 15) is 4.79 Å². The zero-order valence-electron chi connectivity index (χ0n) is 11.8. The van der Waals surface area contributed by atoms with Crippen LogP contribution >= 0.6 is 23.4 Å². The Kier molecular flexibility index (Phi) is 6.08. The molecule has 0 fully saturated rings. The Morgan fingerprint density at radius 1 is 1.29 bits per heavy atom. The number of nitrogens with one attached hydrogen (secondary N) is 1. The lowest BCUT2D eigenvalue weighted by Crippen LogP contribution is -2.23. The highest BCUT2D eigenvalue weighted by molar-refractivity contribution is 7.99. The van der Waals surface area contributed by atoms with Crippen molar-refractivity contribution in [2.45, 2.75) is 24.9 Å². The van der Waals surface area contributed by atoms with Crippen LogP contribution in [0, 0.1) is 6.92 Å². The van der Waals surface area contributed by atoms with Crippen LogP contribution in [0.1, 0.15) is 17.5 Å². The zero-order chi connectivity index (χ0) is 15.1. The van der Waals surface area contributed by atoms with E-state index in [0.29, 0.717) is 23.7 Å². The molecule has 0 spiro atoms. The first kappa shape index (κ1) is 15.9. The molecule has 0 saturated carbocycles. The molecule has 1 aromatic carbocycles. The Morgan fingerprint density at radius 3 is 2.81 bits per heavy atom. The number of thioether (sulfide) groups is 1. The maximum atomic E-state index is 11.8. The van der Waals surface area contributed by atoms with Gasteiger partial charge in [0.1, 0.15) is 0 Å². The zero-order valence-corrected chi connectivity index (χ0v) is 13.4. The molecule has 21 heavy (non-hydrogen) atoms. The number of halogens is 1. The molecule has 5 heteroatoms. The number of rotatable bonds is 6. The highest BCUT2D eigenvalue weighted by Gasteiger charge is 2.04. The molecule has 0 aliphatic heterocycles. The van der Waals surface area contributed by atoms with E-state index in [2.05, 4.69) is 10.3 Å². The average Bonchev–Trinajstić information content (AvgIpc) is 2.48. The van der Waals surface area contributed by atoms with Crippen molar-refractivity contribution in [2.75, 3.05) is 5.75 Å². The molecular weight excluding hydrogens is 304 g/mol. The Labute approximate surface area is 134 Å². The van der Waals surface area contributed by atoms with E-state index in [-0.39, 0.29) is 5.91 Å². The minimum Gasteiger partial charge on any atom is -0.352 e. The number of nitrogens with zero attached hydrogens (tertiary/aromatic N) is 1. The fourth-order valence-corrected chi connectivity index (χ4v) is 2.70. The van der Waals surface area contributed by atoms with Crippen LogP contribution in [0.3, 0.4) is 0 Å². The van der Waals surface area contributed by atoms with Crippen molar-refractivity contribution in [3.63, 3.8) is 0 Å². The second kappa shape index (κ2) is 8.05. The van der Waals surface area contributed by atoms with Crippen LogP contribution in [0.15, 0.2) is 47.6 Å². The summed E-state index contributed by atoms with van der Waals surface area (Å²) in [6, 6.07) is 11.5. The predicted octanol–water partition coefficient (Wildman–Crippen LogP) is 3.84. The largest absolute Gasteiger partial charge is 0.352 e. The lowest BCUT2D eigenvalue weighted by Gasteiger charge is -2.06. The van der Waals surface area contributed by atoms with E-state index in [1.165, 1.54) is 0 Å². The van der Waals surface area contributed by atoms with Gasteiger partial charge in [0.05, 0.1) is 5.03 Å². The smallest absolute Gasteiger partial charge is 0.221 e. The Morgan fingerprint density at radius 2 is 2.10 bits per heavy atom. The van der Waals surface area contributed by atoms with Crippen LogP contribution < -0.4 is 5.32 Å². The second-order valence-electron chi connectivity index (χ2n) is 4.64. The molecule has 3 nitrogen and oxygen atoms in total. The minimum atomic E-state index is 0.0227. The molecule has 2 rings (SSSR count). The summed E-state index contributed by atoms with van der Waals surface area (Å²) in [6.45, 7) is 2.47. The molecule has 1 aromatic heterocycles. The van der Waals surface area contributed by atoms with Crippen LogP contribution in [0.2, 0.25) is 5.02 Å². The van der Waals surface area contributed by atoms with Gasteiger partial charge in [0.2, 0.25) is 5.91 Å². The van der Waals surface area contributed by atoms with Crippen LogP contribution in [0.4, 0.5) is 0 Å². The Hall–Kier alpha value is -1.52. The Balaban J connectivity index is 1.70. The van der Waals surface area contributed by atoms with Crippen molar-refractivity contribution in [1.82, 2.24) is 10.3 Å². The summed E-state index contributed by atoms with van der Waals surface area (Å²) in [5.41, 5.74) is 2.07. The number of hydrogen-bond donors (Lipinski definition) is 1. The summed E-state index contributed by atoms with van der Waals surface area (Å²) in [7, 11) is 0. The quantitative estimate of drug-likeness (QED) is 0.822. The van der Waals surface area contributed by atoms with Gasteiger partial charge in [-0.15, -0.1) is 11.8 Å².